The summed E-state index contributed by atoms with van der Waals surface area (Å²) in [6.45, 7) is 4.88. The highest BCUT2D eigenvalue weighted by Crippen LogP contribution is 2.17. The van der Waals surface area contributed by atoms with Gasteiger partial charge in [0.1, 0.15) is 0 Å². The van der Waals surface area contributed by atoms with Gasteiger partial charge in [0.05, 0.1) is 24.4 Å². The Kier molecular flexibility index (Phi) is 5.10. The van der Waals surface area contributed by atoms with Crippen molar-refractivity contribution in [1.82, 2.24) is 4.31 Å². The van der Waals surface area contributed by atoms with Crippen LogP contribution in [0, 0.1) is 11.3 Å². The normalized spacial score (nSPS) is 12.0. The fraction of sp³-hybridized carbons (Fsp3) is 0.429. The van der Waals surface area contributed by atoms with E-state index in [9.17, 15) is 13.2 Å². The predicted octanol–water partition coefficient (Wildman–Crippen LogP) is 1.56. The minimum absolute atomic E-state index is 0.279. The third-order valence-corrected chi connectivity index (χ3v) is 4.19. The molecule has 0 fully saturated rings. The van der Waals surface area contributed by atoms with Crippen LogP contribution >= 0.6 is 0 Å². The van der Waals surface area contributed by atoms with Gasteiger partial charge in [0.25, 0.3) is 0 Å². The van der Waals surface area contributed by atoms with Crippen molar-refractivity contribution in [2.24, 2.45) is 0 Å². The Hall–Kier alpha value is -1.91. The number of sulfonamides is 1. The van der Waals surface area contributed by atoms with Crippen molar-refractivity contribution in [3.05, 3.63) is 29.8 Å². The molecule has 0 saturated carbocycles. The van der Waals surface area contributed by atoms with Crippen molar-refractivity contribution in [2.45, 2.75) is 26.3 Å². The minimum Gasteiger partial charge on any atom is -0.325 e. The summed E-state index contributed by atoms with van der Waals surface area (Å²) in [5.41, 5.74) is 0.185. The molecule has 7 heteroatoms. The summed E-state index contributed by atoms with van der Waals surface area (Å²) in [6.07, 6.45) is 1.07. The van der Waals surface area contributed by atoms with Gasteiger partial charge in [-0.15, -0.1) is 0 Å². The second kappa shape index (κ2) is 6.24. The number of nitrogens with zero attached hydrogens (tertiary/aromatic N) is 2. The third-order valence-electron chi connectivity index (χ3n) is 2.71. The molecule has 0 unspecified atom stereocenters. The molecule has 0 atom stereocenters. The lowest BCUT2D eigenvalue weighted by atomic mass is 10.1. The average molecular weight is 309 g/mol. The first kappa shape index (κ1) is 17.1. The van der Waals surface area contributed by atoms with Crippen LogP contribution < -0.4 is 5.32 Å². The van der Waals surface area contributed by atoms with Crippen LogP contribution in [-0.4, -0.2) is 37.0 Å². The average Bonchev–Trinajstić information content (AvgIpc) is 2.33. The van der Waals surface area contributed by atoms with Gasteiger partial charge in [-0.3, -0.25) is 4.79 Å². The van der Waals surface area contributed by atoms with Crippen molar-refractivity contribution < 1.29 is 13.2 Å². The lowest BCUT2D eigenvalue weighted by Gasteiger charge is -2.32. The van der Waals surface area contributed by atoms with Gasteiger partial charge >= 0.3 is 0 Å². The van der Waals surface area contributed by atoms with Gasteiger partial charge in [0, 0.05) is 11.2 Å². The van der Waals surface area contributed by atoms with Crippen LogP contribution in [0.4, 0.5) is 5.69 Å². The lowest BCUT2D eigenvalue weighted by Crippen LogP contribution is -2.48. The third kappa shape index (κ3) is 5.17. The number of amides is 1. The maximum absolute atomic E-state index is 12.0. The quantitative estimate of drug-likeness (QED) is 0.913. The molecule has 6 nitrogen and oxygen atoms in total. The number of nitrogens with one attached hydrogen (secondary N) is 1. The van der Waals surface area contributed by atoms with Gasteiger partial charge in [0.2, 0.25) is 15.9 Å². The molecule has 21 heavy (non-hydrogen) atoms. The van der Waals surface area contributed by atoms with Gasteiger partial charge in [-0.2, -0.15) is 9.57 Å². The summed E-state index contributed by atoms with van der Waals surface area (Å²) in [4.78, 5) is 12.0. The molecule has 0 aliphatic heterocycles. The van der Waals surface area contributed by atoms with E-state index in [-0.39, 0.29) is 6.54 Å². The van der Waals surface area contributed by atoms with Gasteiger partial charge in [0.15, 0.2) is 0 Å². The zero-order valence-corrected chi connectivity index (χ0v) is 13.4. The lowest BCUT2D eigenvalue weighted by molar-refractivity contribution is -0.117. The number of anilines is 1. The SMILES string of the molecule is CC(C)(C)N(CC(=O)Nc1cccc(C#N)c1)S(C)(=O)=O. The van der Waals surface area contributed by atoms with Gasteiger partial charge in [-0.1, -0.05) is 6.07 Å². The Labute approximate surface area is 125 Å². The summed E-state index contributed by atoms with van der Waals surface area (Å²) in [5, 5.41) is 11.4. The predicted molar refractivity (Wildman–Crippen MR) is 81.1 cm³/mol. The maximum Gasteiger partial charge on any atom is 0.239 e. The zero-order valence-electron chi connectivity index (χ0n) is 12.5. The number of benzene rings is 1. The number of carbonyl (C=O) groups excluding carboxylic acids is 1. The number of hydrogen-bond donors (Lipinski definition) is 1. The molecule has 1 rings (SSSR count). The second-order valence-corrected chi connectivity index (χ2v) is 7.59. The van der Waals surface area contributed by atoms with Gasteiger partial charge in [-0.05, 0) is 39.0 Å². The Balaban J connectivity index is 2.87. The van der Waals surface area contributed by atoms with Crippen LogP contribution in [0.3, 0.4) is 0 Å². The Morgan fingerprint density at radius 2 is 2.00 bits per heavy atom. The second-order valence-electron chi connectivity index (χ2n) is 5.68. The largest absolute Gasteiger partial charge is 0.325 e. The molecule has 0 heterocycles. The Morgan fingerprint density at radius 1 is 1.38 bits per heavy atom. The molecule has 0 aliphatic rings. The standard InChI is InChI=1S/C14H19N3O3S/c1-14(2,3)17(21(4,19)20)10-13(18)16-12-7-5-6-11(8-12)9-15/h5-8H,10H2,1-4H3,(H,16,18). The number of hydrogen-bond acceptors (Lipinski definition) is 4. The fourth-order valence-electron chi connectivity index (χ4n) is 1.85. The molecular weight excluding hydrogens is 290 g/mol. The molecule has 0 saturated heterocycles. The van der Waals surface area contributed by atoms with E-state index < -0.39 is 21.5 Å². The van der Waals surface area contributed by atoms with E-state index in [0.717, 1.165) is 10.6 Å². The van der Waals surface area contributed by atoms with Crippen molar-refractivity contribution >= 4 is 21.6 Å². The molecule has 1 N–H and O–H groups in total. The highest BCUT2D eigenvalue weighted by Gasteiger charge is 2.31. The summed E-state index contributed by atoms with van der Waals surface area (Å²) < 4.78 is 24.7. The summed E-state index contributed by atoms with van der Waals surface area (Å²) in [6, 6.07) is 8.40. The summed E-state index contributed by atoms with van der Waals surface area (Å²) in [5.74, 6) is -0.453. The smallest absolute Gasteiger partial charge is 0.239 e. The van der Waals surface area contributed by atoms with Crippen LogP contribution in [0.1, 0.15) is 26.3 Å². The van der Waals surface area contributed by atoms with E-state index in [2.05, 4.69) is 5.32 Å². The van der Waals surface area contributed by atoms with Crippen LogP contribution in [-0.2, 0) is 14.8 Å². The van der Waals surface area contributed by atoms with E-state index in [1.165, 1.54) is 6.07 Å². The molecule has 0 aromatic heterocycles. The Morgan fingerprint density at radius 3 is 2.48 bits per heavy atom. The van der Waals surface area contributed by atoms with E-state index >= 15 is 0 Å². The highest BCUT2D eigenvalue weighted by molar-refractivity contribution is 7.88. The van der Waals surface area contributed by atoms with E-state index in [1.54, 1.807) is 39.0 Å². The minimum atomic E-state index is -3.50. The number of rotatable bonds is 4. The van der Waals surface area contributed by atoms with Crippen LogP contribution in [0.15, 0.2) is 24.3 Å². The monoisotopic (exact) mass is 309 g/mol. The van der Waals surface area contributed by atoms with E-state index in [4.69, 9.17) is 5.26 Å². The summed E-state index contributed by atoms with van der Waals surface area (Å²) >= 11 is 0. The molecule has 0 radical (unpaired) electrons. The van der Waals surface area contributed by atoms with Gasteiger partial charge < -0.3 is 5.32 Å². The van der Waals surface area contributed by atoms with Crippen molar-refractivity contribution in [2.75, 3.05) is 18.1 Å². The zero-order chi connectivity index (χ0) is 16.3. The first-order valence-electron chi connectivity index (χ1n) is 6.32. The van der Waals surface area contributed by atoms with Crippen molar-refractivity contribution in [3.8, 4) is 6.07 Å². The van der Waals surface area contributed by atoms with Crippen LogP contribution in [0.5, 0.6) is 0 Å². The van der Waals surface area contributed by atoms with Crippen LogP contribution in [0.25, 0.3) is 0 Å². The number of nitriles is 1. The summed E-state index contributed by atoms with van der Waals surface area (Å²) in [7, 11) is -3.50. The van der Waals surface area contributed by atoms with Crippen molar-refractivity contribution in [3.63, 3.8) is 0 Å². The molecule has 1 aromatic rings. The number of carbonyl (C=O) groups is 1. The molecule has 0 aliphatic carbocycles. The molecule has 0 bridgehead atoms. The first-order chi connectivity index (χ1) is 9.54. The molecule has 1 amide bonds. The molecule has 1 aromatic carbocycles. The first-order valence-corrected chi connectivity index (χ1v) is 8.16. The van der Waals surface area contributed by atoms with E-state index in [0.29, 0.717) is 11.3 Å². The molecule has 0 spiro atoms. The van der Waals surface area contributed by atoms with Crippen molar-refractivity contribution in [1.29, 1.82) is 5.26 Å². The molecule has 114 valence electrons. The topological polar surface area (TPSA) is 90.3 Å². The van der Waals surface area contributed by atoms with Crippen LogP contribution in [0.2, 0.25) is 0 Å². The maximum atomic E-state index is 12.0. The molecular formula is C14H19N3O3S. The van der Waals surface area contributed by atoms with E-state index in [1.807, 2.05) is 6.07 Å². The highest BCUT2D eigenvalue weighted by atomic mass is 32.2. The Bertz CT molecular complexity index is 669. The fourth-order valence-corrected chi connectivity index (χ4v) is 3.20. The van der Waals surface area contributed by atoms with Gasteiger partial charge in [-0.25, -0.2) is 8.42 Å².